The number of phenols is 1. The number of carbonyl (C=O) groups is 2. The van der Waals surface area contributed by atoms with Crippen molar-refractivity contribution in [1.82, 2.24) is 0 Å². The lowest BCUT2D eigenvalue weighted by molar-refractivity contribution is -0.136. The van der Waals surface area contributed by atoms with Crippen LogP contribution in [0.15, 0.2) is 72.8 Å². The van der Waals surface area contributed by atoms with Crippen molar-refractivity contribution in [3.63, 3.8) is 0 Å². The summed E-state index contributed by atoms with van der Waals surface area (Å²) in [6, 6.07) is 18.9. The number of aromatic hydroxyl groups is 1. The molecule has 3 aromatic carbocycles. The Morgan fingerprint density at radius 1 is 1.03 bits per heavy atom. The highest BCUT2D eigenvalue weighted by molar-refractivity contribution is 6.31. The highest BCUT2D eigenvalue weighted by atomic mass is 35.5. The molecule has 0 bridgehead atoms. The highest BCUT2D eigenvalue weighted by Crippen LogP contribution is 2.25. The summed E-state index contributed by atoms with van der Waals surface area (Å²) >= 11 is 6.12. The molecule has 0 fully saturated rings. The summed E-state index contributed by atoms with van der Waals surface area (Å²) in [5.41, 5.74) is 2.29. The van der Waals surface area contributed by atoms with Gasteiger partial charge in [0.1, 0.15) is 18.1 Å². The van der Waals surface area contributed by atoms with E-state index in [-0.39, 0.29) is 17.9 Å². The van der Waals surface area contributed by atoms with Crippen LogP contribution >= 0.6 is 11.6 Å². The van der Waals surface area contributed by atoms with E-state index in [1.807, 2.05) is 18.2 Å². The molecule has 3 rings (SSSR count). The number of rotatable bonds is 8. The summed E-state index contributed by atoms with van der Waals surface area (Å²) < 4.78 is 5.73. The third-order valence-electron chi connectivity index (χ3n) is 4.33. The SMILES string of the molecule is O=C(O)Cc1ccc(O)c(NC(=O)/C=C/c2ccc(OCc3ccccc3Cl)cc2)c1. The van der Waals surface area contributed by atoms with Crippen molar-refractivity contribution >= 4 is 35.2 Å². The van der Waals surface area contributed by atoms with Crippen LogP contribution < -0.4 is 10.1 Å². The molecule has 0 radical (unpaired) electrons. The van der Waals surface area contributed by atoms with Crippen LogP contribution in [-0.2, 0) is 22.6 Å². The van der Waals surface area contributed by atoms with Crippen LogP contribution in [0.3, 0.4) is 0 Å². The number of carboxylic acid groups (broad SMARTS) is 1. The molecule has 0 spiro atoms. The molecule has 0 saturated carbocycles. The van der Waals surface area contributed by atoms with Crippen LogP contribution in [-0.4, -0.2) is 22.1 Å². The van der Waals surface area contributed by atoms with E-state index >= 15 is 0 Å². The van der Waals surface area contributed by atoms with Crippen LogP contribution in [0.25, 0.3) is 6.08 Å². The second kappa shape index (κ2) is 10.3. The van der Waals surface area contributed by atoms with Crippen LogP contribution in [0.5, 0.6) is 11.5 Å². The van der Waals surface area contributed by atoms with Gasteiger partial charge in [0.2, 0.25) is 5.91 Å². The van der Waals surface area contributed by atoms with E-state index in [4.69, 9.17) is 21.4 Å². The van der Waals surface area contributed by atoms with Gasteiger partial charge in [-0.25, -0.2) is 0 Å². The number of carboxylic acids is 1. The van der Waals surface area contributed by atoms with Gasteiger partial charge in [0.05, 0.1) is 12.1 Å². The van der Waals surface area contributed by atoms with Crippen molar-refractivity contribution in [2.75, 3.05) is 5.32 Å². The van der Waals surface area contributed by atoms with Crippen molar-refractivity contribution in [3.05, 3.63) is 94.5 Å². The fourth-order valence-corrected chi connectivity index (χ4v) is 2.96. The third-order valence-corrected chi connectivity index (χ3v) is 4.70. The van der Waals surface area contributed by atoms with Gasteiger partial charge in [-0.3, -0.25) is 9.59 Å². The van der Waals surface area contributed by atoms with Crippen LogP contribution in [0.1, 0.15) is 16.7 Å². The number of benzene rings is 3. The van der Waals surface area contributed by atoms with E-state index < -0.39 is 11.9 Å². The van der Waals surface area contributed by atoms with Gasteiger partial charge in [-0.15, -0.1) is 0 Å². The number of ether oxygens (including phenoxy) is 1. The Hall–Kier alpha value is -3.77. The van der Waals surface area contributed by atoms with E-state index in [9.17, 15) is 14.7 Å². The maximum Gasteiger partial charge on any atom is 0.307 e. The molecule has 7 heteroatoms. The van der Waals surface area contributed by atoms with Gasteiger partial charge in [0.25, 0.3) is 0 Å². The second-order valence-electron chi connectivity index (χ2n) is 6.69. The fraction of sp³-hybridized carbons (Fsp3) is 0.0833. The minimum atomic E-state index is -0.998. The summed E-state index contributed by atoms with van der Waals surface area (Å²) in [4.78, 5) is 23.0. The lowest BCUT2D eigenvalue weighted by Gasteiger charge is -2.08. The molecule has 6 nitrogen and oxygen atoms in total. The summed E-state index contributed by atoms with van der Waals surface area (Å²) in [7, 11) is 0. The zero-order valence-corrected chi connectivity index (χ0v) is 17.2. The van der Waals surface area contributed by atoms with E-state index in [2.05, 4.69) is 5.32 Å². The number of hydrogen-bond donors (Lipinski definition) is 3. The molecule has 1 amide bonds. The molecule has 158 valence electrons. The standard InChI is InChI=1S/C24H20ClNO5/c25-20-4-2-1-3-18(20)15-31-19-9-5-16(6-10-19)8-12-23(28)26-21-13-17(14-24(29)30)7-11-22(21)27/h1-13,27H,14-15H2,(H,26,28)(H,29,30)/b12-8+. The average Bonchev–Trinajstić information content (AvgIpc) is 2.74. The zero-order valence-electron chi connectivity index (χ0n) is 16.4. The van der Waals surface area contributed by atoms with Gasteiger partial charge in [-0.2, -0.15) is 0 Å². The van der Waals surface area contributed by atoms with Gasteiger partial charge in [-0.1, -0.05) is 48.0 Å². The third kappa shape index (κ3) is 6.62. The number of halogens is 1. The smallest absolute Gasteiger partial charge is 0.307 e. The quantitative estimate of drug-likeness (QED) is 0.344. The Kier molecular flexibility index (Phi) is 7.30. The lowest BCUT2D eigenvalue weighted by Crippen LogP contribution is -2.09. The van der Waals surface area contributed by atoms with Gasteiger partial charge < -0.3 is 20.3 Å². The average molecular weight is 438 g/mol. The van der Waals surface area contributed by atoms with Gasteiger partial charge in [0, 0.05) is 16.7 Å². The van der Waals surface area contributed by atoms with Crippen LogP contribution in [0, 0.1) is 0 Å². The van der Waals surface area contributed by atoms with E-state index in [1.165, 1.54) is 24.3 Å². The van der Waals surface area contributed by atoms with E-state index in [1.54, 1.807) is 36.4 Å². The monoisotopic (exact) mass is 437 g/mol. The summed E-state index contributed by atoms with van der Waals surface area (Å²) in [6.45, 7) is 0.349. The Morgan fingerprint density at radius 2 is 1.77 bits per heavy atom. The van der Waals surface area contributed by atoms with Crippen molar-refractivity contribution < 1.29 is 24.5 Å². The maximum absolute atomic E-state index is 12.2. The molecule has 0 aromatic heterocycles. The van der Waals surface area contributed by atoms with Crippen LogP contribution in [0.2, 0.25) is 5.02 Å². The van der Waals surface area contributed by atoms with Gasteiger partial charge in [0.15, 0.2) is 0 Å². The number of carbonyl (C=O) groups excluding carboxylic acids is 1. The summed E-state index contributed by atoms with van der Waals surface area (Å²) in [5.74, 6) is -0.929. The molecule has 0 aliphatic rings. The first-order chi connectivity index (χ1) is 14.9. The van der Waals surface area contributed by atoms with E-state index in [0.29, 0.717) is 22.9 Å². The molecule has 0 unspecified atom stereocenters. The lowest BCUT2D eigenvalue weighted by atomic mass is 10.1. The molecular formula is C24H20ClNO5. The first-order valence-corrected chi connectivity index (χ1v) is 9.77. The zero-order chi connectivity index (χ0) is 22.2. The number of hydrogen-bond acceptors (Lipinski definition) is 4. The predicted octanol–water partition coefficient (Wildman–Crippen LogP) is 4.90. The predicted molar refractivity (Wildman–Crippen MR) is 119 cm³/mol. The minimum absolute atomic E-state index is 0.143. The molecule has 31 heavy (non-hydrogen) atoms. The van der Waals surface area contributed by atoms with Crippen molar-refractivity contribution in [3.8, 4) is 11.5 Å². The number of anilines is 1. The molecule has 3 aromatic rings. The summed E-state index contributed by atoms with van der Waals surface area (Å²) in [5, 5.41) is 21.9. The maximum atomic E-state index is 12.2. The topological polar surface area (TPSA) is 95.9 Å². The van der Waals surface area contributed by atoms with Crippen LogP contribution in [0.4, 0.5) is 5.69 Å². The van der Waals surface area contributed by atoms with Gasteiger partial charge in [-0.05, 0) is 47.5 Å². The molecule has 0 aliphatic heterocycles. The number of phenolic OH excluding ortho intramolecular Hbond substituents is 1. The first-order valence-electron chi connectivity index (χ1n) is 9.40. The van der Waals surface area contributed by atoms with Crippen molar-refractivity contribution in [1.29, 1.82) is 0 Å². The molecule has 0 heterocycles. The minimum Gasteiger partial charge on any atom is -0.506 e. The first kappa shape index (κ1) is 21.9. The largest absolute Gasteiger partial charge is 0.506 e. The van der Waals surface area contributed by atoms with Gasteiger partial charge >= 0.3 is 5.97 Å². The number of amides is 1. The Balaban J connectivity index is 1.57. The normalized spacial score (nSPS) is 10.7. The molecule has 0 saturated heterocycles. The Morgan fingerprint density at radius 3 is 2.48 bits per heavy atom. The molecule has 0 atom stereocenters. The molecular weight excluding hydrogens is 418 g/mol. The second-order valence-corrected chi connectivity index (χ2v) is 7.10. The molecule has 3 N–H and O–H groups in total. The Labute approximate surface area is 184 Å². The van der Waals surface area contributed by atoms with Crippen molar-refractivity contribution in [2.45, 2.75) is 13.0 Å². The van der Waals surface area contributed by atoms with Crippen molar-refractivity contribution in [2.24, 2.45) is 0 Å². The number of nitrogens with one attached hydrogen (secondary N) is 1. The van der Waals surface area contributed by atoms with E-state index in [0.717, 1.165) is 11.1 Å². The highest BCUT2D eigenvalue weighted by Gasteiger charge is 2.08. The Bertz CT molecular complexity index is 1110. The summed E-state index contributed by atoms with van der Waals surface area (Å²) in [6.07, 6.45) is 2.73. The number of aliphatic carboxylic acids is 1. The molecule has 0 aliphatic carbocycles. The fourth-order valence-electron chi connectivity index (χ4n) is 2.77.